The minimum atomic E-state index is 0.0617. The van der Waals surface area contributed by atoms with Crippen molar-refractivity contribution in [2.75, 3.05) is 0 Å². The van der Waals surface area contributed by atoms with Crippen LogP contribution in [0.2, 0.25) is 0 Å². The zero-order valence-corrected chi connectivity index (χ0v) is 10.7. The van der Waals surface area contributed by atoms with Gasteiger partial charge in [-0.2, -0.15) is 0 Å². The number of hydrogen-bond acceptors (Lipinski definition) is 2. The molecule has 1 heterocycles. The number of carbonyl (C=O) groups is 1. The lowest BCUT2D eigenvalue weighted by molar-refractivity contribution is 0.0980. The van der Waals surface area contributed by atoms with Crippen LogP contribution in [0.25, 0.3) is 10.9 Å². The standard InChI is InChI=1S/C16H15NO/c1-3-4-5-10-16(18)15-11-12(2)13-8-6-7-9-14(13)17-15/h6-9,11H,5,10H2,1-2H3. The van der Waals surface area contributed by atoms with Gasteiger partial charge >= 0.3 is 0 Å². The minimum absolute atomic E-state index is 0.0617. The Hall–Kier alpha value is -2.14. The molecule has 0 aliphatic rings. The van der Waals surface area contributed by atoms with Crippen molar-refractivity contribution in [2.45, 2.75) is 26.7 Å². The molecule has 0 spiro atoms. The highest BCUT2D eigenvalue weighted by Gasteiger charge is 2.09. The van der Waals surface area contributed by atoms with Gasteiger partial charge in [-0.25, -0.2) is 4.98 Å². The van der Waals surface area contributed by atoms with Crippen LogP contribution >= 0.6 is 0 Å². The predicted octanol–water partition coefficient (Wildman–Crippen LogP) is 3.53. The summed E-state index contributed by atoms with van der Waals surface area (Å²) in [4.78, 5) is 16.4. The molecule has 0 saturated heterocycles. The fraction of sp³-hybridized carbons (Fsp3) is 0.250. The van der Waals surface area contributed by atoms with E-state index in [4.69, 9.17) is 0 Å². The molecule has 1 aromatic carbocycles. The zero-order valence-electron chi connectivity index (χ0n) is 10.7. The molecule has 0 atom stereocenters. The zero-order chi connectivity index (χ0) is 13.0. The Kier molecular flexibility index (Phi) is 3.74. The molecule has 2 heteroatoms. The van der Waals surface area contributed by atoms with Crippen LogP contribution in [-0.2, 0) is 0 Å². The summed E-state index contributed by atoms with van der Waals surface area (Å²) in [5, 5.41) is 1.10. The van der Waals surface area contributed by atoms with Gasteiger partial charge < -0.3 is 0 Å². The number of pyridine rings is 1. The van der Waals surface area contributed by atoms with Crippen molar-refractivity contribution in [3.63, 3.8) is 0 Å². The summed E-state index contributed by atoms with van der Waals surface area (Å²) < 4.78 is 0. The number of ketones is 1. The van der Waals surface area contributed by atoms with Crippen LogP contribution in [0, 0.1) is 18.8 Å². The first-order valence-corrected chi connectivity index (χ1v) is 6.01. The van der Waals surface area contributed by atoms with E-state index < -0.39 is 0 Å². The second-order valence-corrected chi connectivity index (χ2v) is 4.19. The van der Waals surface area contributed by atoms with E-state index in [1.165, 1.54) is 0 Å². The molecule has 2 aromatic rings. The summed E-state index contributed by atoms with van der Waals surface area (Å²) in [6.07, 6.45) is 1.04. The number of benzene rings is 1. The molecule has 2 nitrogen and oxygen atoms in total. The number of nitrogens with zero attached hydrogens (tertiary/aromatic N) is 1. The molecule has 0 N–H and O–H groups in total. The molecule has 0 bridgehead atoms. The van der Waals surface area contributed by atoms with E-state index in [1.54, 1.807) is 6.92 Å². The summed E-state index contributed by atoms with van der Waals surface area (Å²) in [7, 11) is 0. The van der Waals surface area contributed by atoms with Crippen LogP contribution in [0.4, 0.5) is 0 Å². The Morgan fingerprint density at radius 2 is 2.11 bits per heavy atom. The molecule has 0 unspecified atom stereocenters. The molecule has 18 heavy (non-hydrogen) atoms. The van der Waals surface area contributed by atoms with Crippen LogP contribution in [0.15, 0.2) is 30.3 Å². The number of para-hydroxylation sites is 1. The maximum Gasteiger partial charge on any atom is 0.182 e. The number of Topliss-reactive ketones (excluding diaryl/α,β-unsaturated/α-hetero) is 1. The van der Waals surface area contributed by atoms with Crippen LogP contribution < -0.4 is 0 Å². The highest BCUT2D eigenvalue weighted by atomic mass is 16.1. The lowest BCUT2D eigenvalue weighted by Gasteiger charge is -2.04. The van der Waals surface area contributed by atoms with Gasteiger partial charge in [-0.05, 0) is 31.5 Å². The van der Waals surface area contributed by atoms with Crippen molar-refractivity contribution in [3.8, 4) is 11.8 Å². The van der Waals surface area contributed by atoms with E-state index >= 15 is 0 Å². The van der Waals surface area contributed by atoms with Crippen molar-refractivity contribution < 1.29 is 4.79 Å². The Bertz CT molecular complexity index is 647. The van der Waals surface area contributed by atoms with Gasteiger partial charge in [-0.15, -0.1) is 11.8 Å². The number of fused-ring (bicyclic) bond motifs is 1. The molecule has 0 aliphatic heterocycles. The van der Waals surface area contributed by atoms with E-state index in [-0.39, 0.29) is 5.78 Å². The molecule has 2 rings (SSSR count). The Balaban J connectivity index is 2.33. The second kappa shape index (κ2) is 5.46. The molecule has 0 aliphatic carbocycles. The van der Waals surface area contributed by atoms with E-state index in [0.29, 0.717) is 18.5 Å². The van der Waals surface area contributed by atoms with E-state index in [9.17, 15) is 4.79 Å². The lowest BCUT2D eigenvalue weighted by atomic mass is 10.1. The van der Waals surface area contributed by atoms with Gasteiger partial charge in [0.1, 0.15) is 5.69 Å². The topological polar surface area (TPSA) is 30.0 Å². The quantitative estimate of drug-likeness (QED) is 0.603. The third kappa shape index (κ3) is 2.57. The smallest absolute Gasteiger partial charge is 0.182 e. The summed E-state index contributed by atoms with van der Waals surface area (Å²) in [5.74, 6) is 5.76. The molecule has 90 valence electrons. The Labute approximate surface area is 107 Å². The van der Waals surface area contributed by atoms with Gasteiger partial charge in [0.15, 0.2) is 5.78 Å². The summed E-state index contributed by atoms with van der Waals surface area (Å²) >= 11 is 0. The number of rotatable bonds is 3. The van der Waals surface area contributed by atoms with Gasteiger partial charge in [0, 0.05) is 18.2 Å². The van der Waals surface area contributed by atoms with E-state index in [1.807, 2.05) is 37.3 Å². The van der Waals surface area contributed by atoms with Crippen molar-refractivity contribution in [3.05, 3.63) is 41.6 Å². The number of hydrogen-bond donors (Lipinski definition) is 0. The number of aromatic nitrogens is 1. The van der Waals surface area contributed by atoms with Crippen molar-refractivity contribution in [2.24, 2.45) is 0 Å². The predicted molar refractivity (Wildman–Crippen MR) is 73.5 cm³/mol. The van der Waals surface area contributed by atoms with Gasteiger partial charge in [0.25, 0.3) is 0 Å². The molecule has 0 saturated carbocycles. The molecule has 0 fully saturated rings. The molecule has 0 amide bonds. The second-order valence-electron chi connectivity index (χ2n) is 4.19. The monoisotopic (exact) mass is 237 g/mol. The normalized spacial score (nSPS) is 9.89. The summed E-state index contributed by atoms with van der Waals surface area (Å²) in [5.41, 5.74) is 2.51. The largest absolute Gasteiger partial charge is 0.292 e. The third-order valence-corrected chi connectivity index (χ3v) is 2.86. The SMILES string of the molecule is CC#CCCC(=O)c1cc(C)c2ccccc2n1. The number of aryl methyl sites for hydroxylation is 1. The van der Waals surface area contributed by atoms with Gasteiger partial charge in [0.2, 0.25) is 0 Å². The van der Waals surface area contributed by atoms with Crippen LogP contribution in [0.5, 0.6) is 0 Å². The van der Waals surface area contributed by atoms with Crippen molar-refractivity contribution >= 4 is 16.7 Å². The van der Waals surface area contributed by atoms with Gasteiger partial charge in [0.05, 0.1) is 5.52 Å². The lowest BCUT2D eigenvalue weighted by Crippen LogP contribution is -2.02. The van der Waals surface area contributed by atoms with E-state index in [0.717, 1.165) is 16.5 Å². The summed E-state index contributed by atoms with van der Waals surface area (Å²) in [6, 6.07) is 9.74. The highest BCUT2D eigenvalue weighted by Crippen LogP contribution is 2.18. The average Bonchev–Trinajstić information content (AvgIpc) is 2.39. The molecular formula is C16H15NO. The van der Waals surface area contributed by atoms with Gasteiger partial charge in [-0.1, -0.05) is 18.2 Å². The Morgan fingerprint density at radius 1 is 1.33 bits per heavy atom. The number of carbonyl (C=O) groups excluding carboxylic acids is 1. The van der Waals surface area contributed by atoms with Crippen LogP contribution in [-0.4, -0.2) is 10.8 Å². The first-order valence-electron chi connectivity index (χ1n) is 6.01. The average molecular weight is 237 g/mol. The highest BCUT2D eigenvalue weighted by molar-refractivity contribution is 5.97. The van der Waals surface area contributed by atoms with Crippen LogP contribution in [0.1, 0.15) is 35.8 Å². The van der Waals surface area contributed by atoms with Gasteiger partial charge in [-0.3, -0.25) is 4.79 Å². The van der Waals surface area contributed by atoms with Crippen molar-refractivity contribution in [1.29, 1.82) is 0 Å². The molecular weight excluding hydrogens is 222 g/mol. The Morgan fingerprint density at radius 3 is 2.89 bits per heavy atom. The van der Waals surface area contributed by atoms with Crippen LogP contribution in [0.3, 0.4) is 0 Å². The fourth-order valence-corrected chi connectivity index (χ4v) is 1.92. The maximum absolute atomic E-state index is 12.0. The first-order chi connectivity index (χ1) is 8.72. The minimum Gasteiger partial charge on any atom is -0.292 e. The molecule has 1 aromatic heterocycles. The van der Waals surface area contributed by atoms with E-state index in [2.05, 4.69) is 16.8 Å². The molecule has 0 radical (unpaired) electrons. The van der Waals surface area contributed by atoms with Crippen molar-refractivity contribution in [1.82, 2.24) is 4.98 Å². The first kappa shape index (κ1) is 12.3. The fourth-order valence-electron chi connectivity index (χ4n) is 1.92. The third-order valence-electron chi connectivity index (χ3n) is 2.86. The summed E-state index contributed by atoms with van der Waals surface area (Å²) in [6.45, 7) is 3.79. The maximum atomic E-state index is 12.0.